The number of nitrogens with zero attached hydrogens (tertiary/aromatic N) is 2. The van der Waals surface area contributed by atoms with Crippen molar-refractivity contribution in [3.05, 3.63) is 89.6 Å². The van der Waals surface area contributed by atoms with Crippen molar-refractivity contribution in [3.8, 4) is 11.1 Å². The highest BCUT2D eigenvalue weighted by molar-refractivity contribution is 9.09. The van der Waals surface area contributed by atoms with Gasteiger partial charge in [-0.15, -0.1) is 0 Å². The van der Waals surface area contributed by atoms with E-state index in [0.717, 1.165) is 51.7 Å². The van der Waals surface area contributed by atoms with Gasteiger partial charge in [0.15, 0.2) is 0 Å². The third kappa shape index (κ3) is 4.94. The fourth-order valence-corrected chi connectivity index (χ4v) is 4.88. The fraction of sp³-hybridized carbons (Fsp3) is 0.241. The molecule has 1 N–H and O–H groups in total. The van der Waals surface area contributed by atoms with E-state index in [4.69, 9.17) is 4.74 Å². The van der Waals surface area contributed by atoms with Gasteiger partial charge in [0.1, 0.15) is 0 Å². The number of aromatic amines is 1. The van der Waals surface area contributed by atoms with Crippen LogP contribution in [0.1, 0.15) is 32.7 Å². The Labute approximate surface area is 219 Å². The summed E-state index contributed by atoms with van der Waals surface area (Å²) in [6.45, 7) is 2.43. The molecule has 0 saturated heterocycles. The number of halogens is 1. The van der Waals surface area contributed by atoms with E-state index in [1.54, 1.807) is 6.07 Å². The maximum Gasteiger partial charge on any atom is 0.338 e. The number of likely N-dealkylation sites (N-methyl/N-ethyl adjacent to an activating group) is 1. The molecule has 0 radical (unpaired) electrons. The van der Waals surface area contributed by atoms with Gasteiger partial charge in [0, 0.05) is 47.9 Å². The van der Waals surface area contributed by atoms with E-state index in [0.29, 0.717) is 30.7 Å². The molecule has 0 saturated carbocycles. The molecule has 2 heterocycles. The minimum absolute atomic E-state index is 0.125. The largest absolute Gasteiger partial charge is 0.462 e. The number of H-pyrrole nitrogens is 1. The Morgan fingerprint density at radius 3 is 2.75 bits per heavy atom. The Bertz CT molecular complexity index is 1410. The van der Waals surface area contributed by atoms with Crippen LogP contribution in [0.4, 0.5) is 5.69 Å². The third-order valence-corrected chi connectivity index (χ3v) is 7.10. The predicted octanol–water partition coefficient (Wildman–Crippen LogP) is 5.87. The number of rotatable bonds is 6. The smallest absolute Gasteiger partial charge is 0.338 e. The summed E-state index contributed by atoms with van der Waals surface area (Å²) in [5.41, 5.74) is 5.55. The second-order valence-corrected chi connectivity index (χ2v) is 9.83. The first kappa shape index (κ1) is 24.3. The highest BCUT2D eigenvalue weighted by Gasteiger charge is 2.25. The topological polar surface area (TPSA) is 65.6 Å². The number of anilines is 1. The Balaban J connectivity index is 1.54. The zero-order chi connectivity index (χ0) is 25.1. The van der Waals surface area contributed by atoms with Crippen LogP contribution in [-0.4, -0.2) is 53.8 Å². The molecule has 6 nitrogen and oxygen atoms in total. The molecular formula is C29H28BrN3O3. The summed E-state index contributed by atoms with van der Waals surface area (Å²) >= 11 is 3.38. The molecular weight excluding hydrogens is 518 g/mol. The van der Waals surface area contributed by atoms with Crippen molar-refractivity contribution in [1.29, 1.82) is 0 Å². The minimum atomic E-state index is -0.425. The first-order valence-corrected chi connectivity index (χ1v) is 13.2. The Kier molecular flexibility index (Phi) is 7.20. The van der Waals surface area contributed by atoms with Crippen LogP contribution in [0.15, 0.2) is 72.9 Å². The fourth-order valence-electron chi connectivity index (χ4n) is 4.65. The molecule has 0 unspecified atom stereocenters. The van der Waals surface area contributed by atoms with Crippen molar-refractivity contribution in [3.63, 3.8) is 0 Å². The average molecular weight is 546 g/mol. The minimum Gasteiger partial charge on any atom is -0.462 e. The summed E-state index contributed by atoms with van der Waals surface area (Å²) in [6.07, 6.45) is 2.61. The second-order valence-electron chi connectivity index (χ2n) is 9.04. The van der Waals surface area contributed by atoms with Crippen LogP contribution >= 0.6 is 15.9 Å². The Hall–Kier alpha value is -3.42. The van der Waals surface area contributed by atoms with E-state index in [9.17, 15) is 9.59 Å². The number of carbonyl (C=O) groups is 2. The van der Waals surface area contributed by atoms with Crippen LogP contribution in [0.2, 0.25) is 0 Å². The van der Waals surface area contributed by atoms with Crippen LogP contribution in [0.5, 0.6) is 0 Å². The number of aromatic nitrogens is 1. The van der Waals surface area contributed by atoms with Gasteiger partial charge in [-0.1, -0.05) is 46.3 Å². The van der Waals surface area contributed by atoms with E-state index < -0.39 is 5.97 Å². The maximum atomic E-state index is 13.8. The van der Waals surface area contributed by atoms with Crippen LogP contribution < -0.4 is 4.90 Å². The molecule has 0 spiro atoms. The first-order valence-electron chi connectivity index (χ1n) is 12.1. The monoisotopic (exact) mass is 545 g/mol. The highest BCUT2D eigenvalue weighted by Crippen LogP contribution is 2.31. The number of esters is 1. The van der Waals surface area contributed by atoms with Crippen LogP contribution in [0.3, 0.4) is 0 Å². The summed E-state index contributed by atoms with van der Waals surface area (Å²) in [5.74, 6) is -0.550. The number of benzene rings is 3. The third-order valence-electron chi connectivity index (χ3n) is 6.54. The molecule has 0 atom stereocenters. The van der Waals surface area contributed by atoms with E-state index in [2.05, 4.69) is 38.9 Å². The van der Waals surface area contributed by atoms with Gasteiger partial charge in [0.2, 0.25) is 0 Å². The van der Waals surface area contributed by atoms with Crippen molar-refractivity contribution in [2.45, 2.75) is 13.0 Å². The number of hydrogen-bond donors (Lipinski definition) is 1. The zero-order valence-corrected chi connectivity index (χ0v) is 21.8. The van der Waals surface area contributed by atoms with Crippen LogP contribution in [-0.2, 0) is 11.3 Å². The van der Waals surface area contributed by atoms with Gasteiger partial charge >= 0.3 is 5.97 Å². The van der Waals surface area contributed by atoms with Gasteiger partial charge in [-0.05, 0) is 71.9 Å². The van der Waals surface area contributed by atoms with E-state index in [1.807, 2.05) is 65.7 Å². The van der Waals surface area contributed by atoms with Gasteiger partial charge in [-0.2, -0.15) is 0 Å². The summed E-state index contributed by atoms with van der Waals surface area (Å²) in [5, 5.41) is 1.80. The summed E-state index contributed by atoms with van der Waals surface area (Å²) in [4.78, 5) is 34.2. The number of hydrogen-bond acceptors (Lipinski definition) is 4. The summed E-state index contributed by atoms with van der Waals surface area (Å²) in [6, 6.07) is 21.4. The molecule has 1 aliphatic rings. The van der Waals surface area contributed by atoms with Crippen LogP contribution in [0.25, 0.3) is 22.0 Å². The first-order chi connectivity index (χ1) is 17.5. The Morgan fingerprint density at radius 1 is 1.03 bits per heavy atom. The van der Waals surface area contributed by atoms with Gasteiger partial charge in [0.05, 0.1) is 12.2 Å². The molecule has 4 aromatic rings. The lowest BCUT2D eigenvalue weighted by molar-refractivity contribution is 0.0507. The number of ether oxygens (including phenoxy) is 1. The van der Waals surface area contributed by atoms with Crippen molar-refractivity contribution >= 4 is 44.4 Å². The van der Waals surface area contributed by atoms with Crippen molar-refractivity contribution in [2.75, 3.05) is 37.0 Å². The second kappa shape index (κ2) is 10.7. The average Bonchev–Trinajstić information content (AvgIpc) is 3.30. The number of alkyl halides is 1. The number of carbonyl (C=O) groups excluding carboxylic acids is 2. The highest BCUT2D eigenvalue weighted by atomic mass is 79.9. The normalized spacial score (nSPS) is 13.9. The van der Waals surface area contributed by atoms with E-state index in [1.165, 1.54) is 0 Å². The molecule has 3 aromatic carbocycles. The molecule has 36 heavy (non-hydrogen) atoms. The molecule has 1 amide bonds. The van der Waals surface area contributed by atoms with E-state index >= 15 is 0 Å². The summed E-state index contributed by atoms with van der Waals surface area (Å²) < 4.78 is 5.57. The van der Waals surface area contributed by atoms with Crippen molar-refractivity contribution in [1.82, 2.24) is 9.88 Å². The lowest BCUT2D eigenvalue weighted by atomic mass is 9.96. The molecule has 0 aliphatic carbocycles. The van der Waals surface area contributed by atoms with Gasteiger partial charge < -0.3 is 19.5 Å². The predicted molar refractivity (Wildman–Crippen MR) is 147 cm³/mol. The van der Waals surface area contributed by atoms with Crippen molar-refractivity contribution in [2.24, 2.45) is 0 Å². The van der Waals surface area contributed by atoms with Gasteiger partial charge in [-0.25, -0.2) is 4.79 Å². The van der Waals surface area contributed by atoms with Crippen molar-refractivity contribution < 1.29 is 14.3 Å². The number of nitrogens with one attached hydrogen (secondary N) is 1. The number of fused-ring (bicyclic) bond motifs is 2. The Morgan fingerprint density at radius 2 is 1.89 bits per heavy atom. The zero-order valence-electron chi connectivity index (χ0n) is 20.2. The summed E-state index contributed by atoms with van der Waals surface area (Å²) in [7, 11) is 2.06. The van der Waals surface area contributed by atoms with Gasteiger partial charge in [-0.3, -0.25) is 4.79 Å². The molecule has 1 aliphatic heterocycles. The number of para-hydroxylation sites is 1. The lowest BCUT2D eigenvalue weighted by Crippen LogP contribution is -2.35. The van der Waals surface area contributed by atoms with Crippen LogP contribution in [0, 0.1) is 0 Å². The SMILES string of the molecule is CN1CCN(C(=O)c2ccc(-c3ccc4[nH]ccc4c3)c(C(=O)OCCCBr)c2)c2ccccc2C1. The molecule has 184 valence electrons. The van der Waals surface area contributed by atoms with Gasteiger partial charge in [0.25, 0.3) is 5.91 Å². The molecule has 5 rings (SSSR count). The maximum absolute atomic E-state index is 13.8. The van der Waals surface area contributed by atoms with E-state index in [-0.39, 0.29) is 5.91 Å². The quantitative estimate of drug-likeness (QED) is 0.187. The molecule has 7 heteroatoms. The molecule has 0 bridgehead atoms. The lowest BCUT2D eigenvalue weighted by Gasteiger charge is -2.23. The molecule has 0 fully saturated rings. The number of amides is 1. The standard InChI is InChI=1S/C29H28BrN3O3/c1-32-14-15-33(27-6-3-2-5-23(27)19-32)28(34)22-7-9-24(25(18-22)29(35)36-16-4-12-30)20-8-10-26-21(17-20)11-13-31-26/h2-3,5-11,13,17-18,31H,4,12,14-16,19H2,1H3. The molecule has 1 aromatic heterocycles.